The lowest BCUT2D eigenvalue weighted by Gasteiger charge is -2.52. The normalized spacial score (nSPS) is 29.2. The average Bonchev–Trinajstić information content (AvgIpc) is 3.40. The summed E-state index contributed by atoms with van der Waals surface area (Å²) >= 11 is 0. The number of furan rings is 1. The van der Waals surface area contributed by atoms with Crippen molar-refractivity contribution < 1.29 is 18.7 Å². The minimum absolute atomic E-state index is 0.0605. The van der Waals surface area contributed by atoms with Crippen LogP contribution in [0.1, 0.15) is 62.0 Å². The fourth-order valence-corrected chi connectivity index (χ4v) is 6.68. The Bertz CT molecular complexity index is 987. The van der Waals surface area contributed by atoms with Gasteiger partial charge in [-0.05, 0) is 75.5 Å². The van der Waals surface area contributed by atoms with Gasteiger partial charge in [0.15, 0.2) is 0 Å². The van der Waals surface area contributed by atoms with Crippen LogP contribution >= 0.6 is 0 Å². The van der Waals surface area contributed by atoms with Crippen LogP contribution in [0, 0.1) is 18.8 Å². The summed E-state index contributed by atoms with van der Waals surface area (Å²) in [5, 5.41) is 2.86. The summed E-state index contributed by atoms with van der Waals surface area (Å²) in [6.45, 7) is 3.08. The molecule has 0 radical (unpaired) electrons. The van der Waals surface area contributed by atoms with Gasteiger partial charge in [0.1, 0.15) is 17.6 Å². The first-order valence-electron chi connectivity index (χ1n) is 12.4. The van der Waals surface area contributed by atoms with Crippen LogP contribution in [0.2, 0.25) is 0 Å². The molecule has 2 aromatic rings. The maximum atomic E-state index is 12.9. The lowest BCUT2D eigenvalue weighted by atomic mass is 9.62. The maximum absolute atomic E-state index is 12.9. The van der Waals surface area contributed by atoms with Gasteiger partial charge < -0.3 is 19.4 Å². The smallest absolute Gasteiger partial charge is 0.407 e. The van der Waals surface area contributed by atoms with Gasteiger partial charge in [0.2, 0.25) is 5.91 Å². The molecule has 0 unspecified atom stereocenters. The number of hydrogen-bond donors (Lipinski definition) is 1. The van der Waals surface area contributed by atoms with Crippen LogP contribution in [0.4, 0.5) is 4.79 Å². The molecule has 3 heterocycles. The van der Waals surface area contributed by atoms with Crippen LogP contribution in [-0.2, 0) is 22.5 Å². The molecule has 1 aromatic heterocycles. The van der Waals surface area contributed by atoms with Gasteiger partial charge in [0.25, 0.3) is 0 Å². The first kappa shape index (κ1) is 22.1. The third-order valence-electron chi connectivity index (χ3n) is 8.06. The van der Waals surface area contributed by atoms with E-state index in [1.54, 1.807) is 0 Å². The molecule has 1 N–H and O–H groups in total. The van der Waals surface area contributed by atoms with Crippen molar-refractivity contribution in [2.24, 2.45) is 11.8 Å². The molecule has 6 heteroatoms. The topological polar surface area (TPSA) is 71.8 Å². The molecule has 176 valence electrons. The van der Waals surface area contributed by atoms with Gasteiger partial charge in [-0.15, -0.1) is 0 Å². The number of carbonyl (C=O) groups excluding carboxylic acids is 2. The van der Waals surface area contributed by atoms with Crippen molar-refractivity contribution in [2.75, 3.05) is 6.54 Å². The summed E-state index contributed by atoms with van der Waals surface area (Å²) in [6.07, 6.45) is 6.77. The Labute approximate surface area is 195 Å². The van der Waals surface area contributed by atoms with Crippen LogP contribution in [-0.4, -0.2) is 35.1 Å². The van der Waals surface area contributed by atoms with Crippen LogP contribution < -0.4 is 5.32 Å². The van der Waals surface area contributed by atoms with Gasteiger partial charge in [-0.3, -0.25) is 4.79 Å². The number of nitrogens with one attached hydrogen (secondary N) is 1. The molecule has 3 aliphatic rings. The molecule has 2 saturated heterocycles. The van der Waals surface area contributed by atoms with Crippen molar-refractivity contribution in [1.82, 2.24) is 10.2 Å². The standard InChI is InChI=1S/C27H34N2O4/c1-19-11-12-21(32-19)18-28-26(31)33-24-13-15-27-14-6-16-29(27)25(30)10-5-9-23(27)22(24)17-20-7-3-2-4-8-20/h2-4,7-8,11-12,22-24H,5-6,9-10,13-18H2,1H3,(H,28,31)/t22-,23+,24+,27-/m1/s1. The second kappa shape index (κ2) is 9.24. The lowest BCUT2D eigenvalue weighted by Crippen LogP contribution is -2.58. The van der Waals surface area contributed by atoms with Crippen molar-refractivity contribution in [3.8, 4) is 0 Å². The monoisotopic (exact) mass is 450 g/mol. The molecule has 2 aliphatic heterocycles. The highest BCUT2D eigenvalue weighted by atomic mass is 16.6. The van der Waals surface area contributed by atoms with E-state index in [-0.39, 0.29) is 17.6 Å². The second-order valence-electron chi connectivity index (χ2n) is 9.95. The molecule has 1 saturated carbocycles. The Morgan fingerprint density at radius 3 is 2.79 bits per heavy atom. The number of benzene rings is 1. The molecular weight excluding hydrogens is 416 g/mol. The van der Waals surface area contributed by atoms with Gasteiger partial charge in [-0.25, -0.2) is 4.79 Å². The van der Waals surface area contributed by atoms with E-state index in [1.165, 1.54) is 5.56 Å². The summed E-state index contributed by atoms with van der Waals surface area (Å²) in [5.41, 5.74) is 1.20. The molecule has 6 nitrogen and oxygen atoms in total. The van der Waals surface area contributed by atoms with E-state index in [9.17, 15) is 9.59 Å². The predicted octanol–water partition coefficient (Wildman–Crippen LogP) is 5.00. The fourth-order valence-electron chi connectivity index (χ4n) is 6.68. The Balaban J connectivity index is 1.36. The predicted molar refractivity (Wildman–Crippen MR) is 124 cm³/mol. The zero-order valence-corrected chi connectivity index (χ0v) is 19.4. The lowest BCUT2D eigenvalue weighted by molar-refractivity contribution is -0.141. The van der Waals surface area contributed by atoms with Crippen LogP contribution in [0.25, 0.3) is 0 Å². The second-order valence-corrected chi connectivity index (χ2v) is 9.95. The van der Waals surface area contributed by atoms with Crippen LogP contribution in [0.5, 0.6) is 0 Å². The highest BCUT2D eigenvalue weighted by Crippen LogP contribution is 2.53. The molecule has 1 spiro atoms. The summed E-state index contributed by atoms with van der Waals surface area (Å²) < 4.78 is 11.6. The van der Waals surface area contributed by atoms with Crippen LogP contribution in [0.3, 0.4) is 0 Å². The van der Waals surface area contributed by atoms with E-state index < -0.39 is 6.09 Å². The SMILES string of the molecule is Cc1ccc(CNC(=O)O[C@H]2CC[C@@]34CCCN3C(=O)CCC[C@H]4[C@H]2Cc2ccccc2)o1. The highest BCUT2D eigenvalue weighted by molar-refractivity contribution is 5.78. The quantitative estimate of drug-likeness (QED) is 0.696. The van der Waals surface area contributed by atoms with E-state index in [4.69, 9.17) is 9.15 Å². The minimum Gasteiger partial charge on any atom is -0.465 e. The molecule has 1 aliphatic carbocycles. The van der Waals surface area contributed by atoms with Gasteiger partial charge in [-0.2, -0.15) is 0 Å². The van der Waals surface area contributed by atoms with E-state index in [1.807, 2.05) is 25.1 Å². The molecular formula is C27H34N2O4. The van der Waals surface area contributed by atoms with Gasteiger partial charge >= 0.3 is 6.09 Å². The molecule has 5 rings (SSSR count). The number of nitrogens with zero attached hydrogens (tertiary/aromatic N) is 1. The summed E-state index contributed by atoms with van der Waals surface area (Å²) in [6, 6.07) is 14.3. The highest BCUT2D eigenvalue weighted by Gasteiger charge is 2.56. The molecule has 1 aromatic carbocycles. The zero-order chi connectivity index (χ0) is 22.8. The van der Waals surface area contributed by atoms with Crippen LogP contribution in [0.15, 0.2) is 46.9 Å². The summed E-state index contributed by atoms with van der Waals surface area (Å²) in [4.78, 5) is 27.9. The molecule has 0 bridgehead atoms. The van der Waals surface area contributed by atoms with Gasteiger partial charge in [-0.1, -0.05) is 30.3 Å². The Morgan fingerprint density at radius 2 is 2.00 bits per heavy atom. The molecule has 4 atom stereocenters. The van der Waals surface area contributed by atoms with E-state index in [0.717, 1.165) is 63.0 Å². The number of ether oxygens (including phenoxy) is 1. The zero-order valence-electron chi connectivity index (χ0n) is 19.4. The number of rotatable bonds is 5. The number of hydrogen-bond acceptors (Lipinski definition) is 4. The first-order valence-corrected chi connectivity index (χ1v) is 12.4. The average molecular weight is 451 g/mol. The van der Waals surface area contributed by atoms with Crippen molar-refractivity contribution >= 4 is 12.0 Å². The molecule has 2 amide bonds. The van der Waals surface area contributed by atoms with E-state index in [2.05, 4.69) is 34.5 Å². The van der Waals surface area contributed by atoms with Gasteiger partial charge in [0.05, 0.1) is 6.54 Å². The Morgan fingerprint density at radius 1 is 1.15 bits per heavy atom. The van der Waals surface area contributed by atoms with Gasteiger partial charge in [0, 0.05) is 24.4 Å². The number of alkyl carbamates (subject to hydrolysis) is 1. The third-order valence-corrected chi connectivity index (χ3v) is 8.06. The number of amides is 2. The molecule has 33 heavy (non-hydrogen) atoms. The molecule has 3 fully saturated rings. The van der Waals surface area contributed by atoms with Crippen molar-refractivity contribution in [3.05, 3.63) is 59.5 Å². The van der Waals surface area contributed by atoms with E-state index in [0.29, 0.717) is 24.8 Å². The Hall–Kier alpha value is -2.76. The fraction of sp³-hybridized carbons (Fsp3) is 0.556. The Kier molecular flexibility index (Phi) is 6.17. The van der Waals surface area contributed by atoms with Crippen molar-refractivity contribution in [3.63, 3.8) is 0 Å². The summed E-state index contributed by atoms with van der Waals surface area (Å²) in [7, 11) is 0. The number of carbonyl (C=O) groups is 2. The summed E-state index contributed by atoms with van der Waals surface area (Å²) in [5.74, 6) is 2.41. The number of aryl methyl sites for hydroxylation is 1. The van der Waals surface area contributed by atoms with Crippen molar-refractivity contribution in [1.29, 1.82) is 0 Å². The van der Waals surface area contributed by atoms with Crippen molar-refractivity contribution in [2.45, 2.75) is 76.5 Å². The minimum atomic E-state index is -0.393. The van der Waals surface area contributed by atoms with E-state index >= 15 is 0 Å². The first-order chi connectivity index (χ1) is 16.0. The maximum Gasteiger partial charge on any atom is 0.407 e. The largest absolute Gasteiger partial charge is 0.465 e. The third kappa shape index (κ3) is 4.40.